The van der Waals surface area contributed by atoms with Gasteiger partial charge in [0.05, 0.1) is 11.3 Å². The van der Waals surface area contributed by atoms with Gasteiger partial charge in [0.2, 0.25) is 0 Å². The smallest absolute Gasteiger partial charge is 0.335 e. The largest absolute Gasteiger partial charge is 0.478 e. The normalized spacial score (nSPS) is 11.0. The van der Waals surface area contributed by atoms with E-state index in [1.807, 2.05) is 0 Å². The molecule has 1 aromatic heterocycles. The number of carbonyl (C=O) groups excluding carboxylic acids is 1. The minimum Gasteiger partial charge on any atom is -0.478 e. The second-order valence-electron chi connectivity index (χ2n) is 5.79. The van der Waals surface area contributed by atoms with Gasteiger partial charge in [-0.15, -0.1) is 11.3 Å². The van der Waals surface area contributed by atoms with E-state index in [0.29, 0.717) is 16.9 Å². The Labute approximate surface area is 165 Å². The third-order valence-electron chi connectivity index (χ3n) is 3.99. The number of amides is 1. The number of hydrogen-bond acceptors (Lipinski definition) is 5. The summed E-state index contributed by atoms with van der Waals surface area (Å²) in [4.78, 5) is 23.2. The third-order valence-corrected chi connectivity index (χ3v) is 7.15. The van der Waals surface area contributed by atoms with Crippen molar-refractivity contribution in [2.45, 2.75) is 4.21 Å². The first-order chi connectivity index (χ1) is 13.3. The fourth-order valence-electron chi connectivity index (χ4n) is 2.41. The fourth-order valence-corrected chi connectivity index (χ4v) is 4.76. The third kappa shape index (κ3) is 4.05. The fraction of sp³-hybridized carbons (Fsp3) is 0.0526. The maximum atomic E-state index is 12.5. The monoisotopic (exact) mass is 416 g/mol. The van der Waals surface area contributed by atoms with Gasteiger partial charge in [-0.1, -0.05) is 6.07 Å². The Morgan fingerprint density at radius 1 is 0.964 bits per heavy atom. The number of aromatic carboxylic acids is 1. The van der Waals surface area contributed by atoms with Crippen LogP contribution in [0.2, 0.25) is 0 Å². The number of nitrogens with zero attached hydrogens (tertiary/aromatic N) is 1. The summed E-state index contributed by atoms with van der Waals surface area (Å²) in [6, 6.07) is 15.1. The van der Waals surface area contributed by atoms with E-state index in [0.717, 1.165) is 15.6 Å². The number of carbonyl (C=O) groups is 2. The van der Waals surface area contributed by atoms with Crippen molar-refractivity contribution in [2.24, 2.45) is 0 Å². The van der Waals surface area contributed by atoms with Crippen LogP contribution in [0.4, 0.5) is 11.4 Å². The molecular formula is C19H16N2O5S2. The number of nitrogens with one attached hydrogen (secondary N) is 1. The molecule has 1 heterocycles. The highest BCUT2D eigenvalue weighted by atomic mass is 32.2. The van der Waals surface area contributed by atoms with Crippen LogP contribution < -0.4 is 9.62 Å². The molecule has 0 saturated heterocycles. The zero-order chi connectivity index (χ0) is 20.3. The lowest BCUT2D eigenvalue weighted by Crippen LogP contribution is -2.25. The highest BCUT2D eigenvalue weighted by Gasteiger charge is 2.22. The van der Waals surface area contributed by atoms with Crippen molar-refractivity contribution in [2.75, 3.05) is 16.7 Å². The Hall–Kier alpha value is -3.17. The molecule has 0 spiro atoms. The summed E-state index contributed by atoms with van der Waals surface area (Å²) in [7, 11) is -2.19. The molecule has 9 heteroatoms. The van der Waals surface area contributed by atoms with Crippen LogP contribution in [0.5, 0.6) is 0 Å². The number of rotatable bonds is 6. The van der Waals surface area contributed by atoms with Gasteiger partial charge in [-0.2, -0.15) is 0 Å². The van der Waals surface area contributed by atoms with Crippen LogP contribution in [0.3, 0.4) is 0 Å². The molecule has 0 saturated carbocycles. The summed E-state index contributed by atoms with van der Waals surface area (Å²) in [5.41, 5.74) is 1.34. The molecule has 0 bridgehead atoms. The van der Waals surface area contributed by atoms with Gasteiger partial charge >= 0.3 is 5.97 Å². The molecule has 0 fully saturated rings. The van der Waals surface area contributed by atoms with Gasteiger partial charge in [0.15, 0.2) is 0 Å². The molecule has 2 N–H and O–H groups in total. The Balaban J connectivity index is 1.73. The number of anilines is 2. The Kier molecular flexibility index (Phi) is 5.48. The summed E-state index contributed by atoms with van der Waals surface area (Å²) >= 11 is 1.13. The number of sulfonamides is 1. The highest BCUT2D eigenvalue weighted by Crippen LogP contribution is 2.25. The van der Waals surface area contributed by atoms with Gasteiger partial charge in [-0.3, -0.25) is 9.10 Å². The summed E-state index contributed by atoms with van der Waals surface area (Å²) < 4.78 is 26.5. The quantitative estimate of drug-likeness (QED) is 0.640. The van der Waals surface area contributed by atoms with Gasteiger partial charge in [0, 0.05) is 18.3 Å². The first-order valence-corrected chi connectivity index (χ1v) is 10.4. The van der Waals surface area contributed by atoms with Crippen LogP contribution in [0, 0.1) is 0 Å². The van der Waals surface area contributed by atoms with Crippen molar-refractivity contribution in [1.29, 1.82) is 0 Å². The van der Waals surface area contributed by atoms with Crippen LogP contribution in [-0.4, -0.2) is 32.4 Å². The van der Waals surface area contributed by atoms with Crippen LogP contribution in [-0.2, 0) is 10.0 Å². The summed E-state index contributed by atoms with van der Waals surface area (Å²) in [6.45, 7) is 0. The summed E-state index contributed by atoms with van der Waals surface area (Å²) in [6.07, 6.45) is 0. The predicted molar refractivity (Wildman–Crippen MR) is 108 cm³/mol. The van der Waals surface area contributed by atoms with Crippen LogP contribution in [0.15, 0.2) is 70.3 Å². The molecule has 28 heavy (non-hydrogen) atoms. The van der Waals surface area contributed by atoms with E-state index in [1.54, 1.807) is 23.6 Å². The molecule has 3 rings (SSSR count). The lowest BCUT2D eigenvalue weighted by molar-refractivity contribution is 0.0696. The summed E-state index contributed by atoms with van der Waals surface area (Å²) in [5, 5.41) is 13.2. The predicted octanol–water partition coefficient (Wildman–Crippen LogP) is 3.52. The van der Waals surface area contributed by atoms with Gasteiger partial charge < -0.3 is 10.4 Å². The minimum atomic E-state index is -3.64. The van der Waals surface area contributed by atoms with E-state index in [4.69, 9.17) is 5.11 Å². The molecule has 0 aliphatic heterocycles. The minimum absolute atomic E-state index is 0.123. The van der Waals surface area contributed by atoms with Crippen molar-refractivity contribution in [1.82, 2.24) is 0 Å². The van der Waals surface area contributed by atoms with Crippen molar-refractivity contribution in [3.63, 3.8) is 0 Å². The van der Waals surface area contributed by atoms with Crippen molar-refractivity contribution in [3.05, 3.63) is 77.2 Å². The molecule has 0 aliphatic carbocycles. The van der Waals surface area contributed by atoms with E-state index >= 15 is 0 Å². The molecule has 2 aromatic carbocycles. The van der Waals surface area contributed by atoms with Crippen molar-refractivity contribution >= 4 is 44.6 Å². The number of hydrogen-bond donors (Lipinski definition) is 2. The SMILES string of the molecule is CN(c1ccc(C(=O)Nc2ccc(C(=O)O)cc2)cc1)S(=O)(=O)c1cccs1. The molecule has 0 unspecified atom stereocenters. The lowest BCUT2D eigenvalue weighted by Gasteiger charge is -2.18. The summed E-state index contributed by atoms with van der Waals surface area (Å²) in [5.74, 6) is -1.44. The molecule has 0 radical (unpaired) electrons. The Bertz CT molecular complexity index is 1090. The maximum Gasteiger partial charge on any atom is 0.335 e. The number of carboxylic acid groups (broad SMARTS) is 1. The molecule has 1 amide bonds. The molecule has 7 nitrogen and oxygen atoms in total. The molecule has 144 valence electrons. The van der Waals surface area contributed by atoms with Gasteiger partial charge in [0.25, 0.3) is 15.9 Å². The van der Waals surface area contributed by atoms with Crippen LogP contribution in [0.25, 0.3) is 0 Å². The van der Waals surface area contributed by atoms with Gasteiger partial charge in [0.1, 0.15) is 4.21 Å². The average molecular weight is 416 g/mol. The Morgan fingerprint density at radius 3 is 2.11 bits per heavy atom. The maximum absolute atomic E-state index is 12.5. The van der Waals surface area contributed by atoms with Crippen LogP contribution in [0.1, 0.15) is 20.7 Å². The Morgan fingerprint density at radius 2 is 1.57 bits per heavy atom. The number of carboxylic acids is 1. The van der Waals surface area contributed by atoms with E-state index < -0.39 is 21.9 Å². The highest BCUT2D eigenvalue weighted by molar-refractivity contribution is 7.94. The second-order valence-corrected chi connectivity index (χ2v) is 8.93. The average Bonchev–Trinajstić information content (AvgIpc) is 3.23. The van der Waals surface area contributed by atoms with E-state index in [2.05, 4.69) is 5.32 Å². The zero-order valence-corrected chi connectivity index (χ0v) is 16.3. The number of benzene rings is 2. The molecule has 0 aliphatic rings. The van der Waals surface area contributed by atoms with E-state index in [-0.39, 0.29) is 9.77 Å². The van der Waals surface area contributed by atoms with Gasteiger partial charge in [-0.05, 0) is 60.0 Å². The van der Waals surface area contributed by atoms with E-state index in [9.17, 15) is 18.0 Å². The molecular weight excluding hydrogens is 400 g/mol. The molecule has 3 aromatic rings. The van der Waals surface area contributed by atoms with Gasteiger partial charge in [-0.25, -0.2) is 13.2 Å². The zero-order valence-electron chi connectivity index (χ0n) is 14.7. The first-order valence-electron chi connectivity index (χ1n) is 8.06. The standard InChI is InChI=1S/C19H16N2O5S2/c1-21(28(25,26)17-3-2-12-27-17)16-10-6-13(7-11-16)18(22)20-15-8-4-14(5-9-15)19(23)24/h2-12H,1H3,(H,20,22)(H,23,24). The van der Waals surface area contributed by atoms with Crippen molar-refractivity contribution in [3.8, 4) is 0 Å². The first kappa shape index (κ1) is 19.6. The van der Waals surface area contributed by atoms with Crippen molar-refractivity contribution < 1.29 is 23.1 Å². The second kappa shape index (κ2) is 7.83. The number of thiophene rings is 1. The lowest BCUT2D eigenvalue weighted by atomic mass is 10.1. The topological polar surface area (TPSA) is 104 Å². The van der Waals surface area contributed by atoms with Crippen LogP contribution >= 0.6 is 11.3 Å². The molecule has 0 atom stereocenters. The van der Waals surface area contributed by atoms with E-state index in [1.165, 1.54) is 49.5 Å².